The maximum Gasteiger partial charge on any atom is 0.331 e. The zero-order chi connectivity index (χ0) is 23.3. The van der Waals surface area contributed by atoms with E-state index in [1.54, 1.807) is 30.5 Å². The van der Waals surface area contributed by atoms with Gasteiger partial charge in [-0.15, -0.1) is 5.10 Å². The molecule has 2 saturated carbocycles. The molecule has 1 aromatic heterocycles. The fourth-order valence-corrected chi connectivity index (χ4v) is 5.15. The highest BCUT2D eigenvalue weighted by Gasteiger charge is 2.92. The van der Waals surface area contributed by atoms with Gasteiger partial charge in [-0.2, -0.15) is 0 Å². The molecule has 9 heteroatoms. The number of carboxylic acids is 2. The number of aromatic nitrogens is 3. The van der Waals surface area contributed by atoms with E-state index in [0.717, 1.165) is 11.1 Å². The SMILES string of the molecule is COC(=O)C(Cc1ccccc1)n1cc(-c2ccc(C34C([C@H]3C(=O)O)[C@H]4C(=O)O)cc2)nn1. The van der Waals surface area contributed by atoms with Crippen LogP contribution in [0, 0.1) is 17.8 Å². The van der Waals surface area contributed by atoms with E-state index in [9.17, 15) is 24.6 Å². The number of methoxy groups -OCH3 is 1. The zero-order valence-electron chi connectivity index (χ0n) is 17.7. The van der Waals surface area contributed by atoms with E-state index < -0.39 is 41.2 Å². The molecule has 3 aromatic rings. The number of carbonyl (C=O) groups is 3. The van der Waals surface area contributed by atoms with Gasteiger partial charge in [-0.05, 0) is 17.0 Å². The lowest BCUT2D eigenvalue weighted by molar-refractivity contribution is -0.146. The molecule has 2 aliphatic carbocycles. The number of nitrogens with zero attached hydrogens (tertiary/aromatic N) is 3. The van der Waals surface area contributed by atoms with E-state index >= 15 is 0 Å². The number of fused-ring (bicyclic) bond motifs is 1. The Labute approximate surface area is 188 Å². The van der Waals surface area contributed by atoms with Crippen molar-refractivity contribution >= 4 is 17.9 Å². The van der Waals surface area contributed by atoms with E-state index in [2.05, 4.69) is 10.3 Å². The quantitative estimate of drug-likeness (QED) is 0.502. The first-order valence-corrected chi connectivity index (χ1v) is 10.5. The van der Waals surface area contributed by atoms with Gasteiger partial charge in [0.2, 0.25) is 0 Å². The van der Waals surface area contributed by atoms with Crippen LogP contribution in [0.25, 0.3) is 11.3 Å². The molecule has 0 saturated heterocycles. The van der Waals surface area contributed by atoms with E-state index in [0.29, 0.717) is 17.7 Å². The van der Waals surface area contributed by atoms with Crippen molar-refractivity contribution in [2.45, 2.75) is 17.9 Å². The van der Waals surface area contributed by atoms with Crippen LogP contribution >= 0.6 is 0 Å². The molecule has 5 rings (SSSR count). The summed E-state index contributed by atoms with van der Waals surface area (Å²) in [5.74, 6) is -4.00. The lowest BCUT2D eigenvalue weighted by Crippen LogP contribution is -2.25. The Balaban J connectivity index is 1.38. The number of hydrogen-bond donors (Lipinski definition) is 2. The molecule has 2 N–H and O–H groups in total. The summed E-state index contributed by atoms with van der Waals surface area (Å²) in [6.45, 7) is 0. The zero-order valence-corrected chi connectivity index (χ0v) is 17.7. The molecule has 3 atom stereocenters. The summed E-state index contributed by atoms with van der Waals surface area (Å²) in [4.78, 5) is 35.3. The minimum atomic E-state index is -0.961. The summed E-state index contributed by atoms with van der Waals surface area (Å²) < 4.78 is 6.43. The molecule has 0 bridgehead atoms. The molecular weight excluding hydrogens is 426 g/mol. The molecule has 1 unspecified atom stereocenters. The van der Waals surface area contributed by atoms with Crippen molar-refractivity contribution < 1.29 is 29.3 Å². The summed E-state index contributed by atoms with van der Waals surface area (Å²) in [6.07, 6.45) is 2.06. The van der Waals surface area contributed by atoms with Crippen molar-refractivity contribution in [1.29, 1.82) is 0 Å². The summed E-state index contributed by atoms with van der Waals surface area (Å²) in [6, 6.07) is 15.9. The third kappa shape index (κ3) is 3.19. The van der Waals surface area contributed by atoms with Crippen molar-refractivity contribution in [2.75, 3.05) is 7.11 Å². The Kier molecular flexibility index (Phi) is 4.77. The van der Waals surface area contributed by atoms with Crippen LogP contribution in [0.5, 0.6) is 0 Å². The Hall–Kier alpha value is -4.01. The first kappa shape index (κ1) is 20.9. The van der Waals surface area contributed by atoms with Gasteiger partial charge in [0.25, 0.3) is 0 Å². The molecule has 0 spiro atoms. The van der Waals surface area contributed by atoms with Crippen molar-refractivity contribution in [3.63, 3.8) is 0 Å². The van der Waals surface area contributed by atoms with Gasteiger partial charge in [-0.1, -0.05) is 59.8 Å². The third-order valence-electron chi connectivity index (χ3n) is 6.87. The van der Waals surface area contributed by atoms with Crippen molar-refractivity contribution in [2.24, 2.45) is 17.8 Å². The monoisotopic (exact) mass is 447 g/mol. The van der Waals surface area contributed by atoms with Gasteiger partial charge < -0.3 is 14.9 Å². The fraction of sp³-hybridized carbons (Fsp3) is 0.292. The van der Waals surface area contributed by atoms with Gasteiger partial charge in [0.15, 0.2) is 6.04 Å². The van der Waals surface area contributed by atoms with Gasteiger partial charge in [0.1, 0.15) is 5.69 Å². The smallest absolute Gasteiger partial charge is 0.331 e. The Bertz CT molecular complexity index is 1210. The van der Waals surface area contributed by atoms with Crippen LogP contribution in [0.3, 0.4) is 0 Å². The van der Waals surface area contributed by atoms with Crippen LogP contribution in [0.2, 0.25) is 0 Å². The van der Waals surface area contributed by atoms with Crippen molar-refractivity contribution in [3.8, 4) is 11.3 Å². The average Bonchev–Trinajstić information content (AvgIpc) is 3.61. The van der Waals surface area contributed by atoms with E-state index in [1.165, 1.54) is 11.8 Å². The normalized spacial score (nSPS) is 25.5. The summed E-state index contributed by atoms with van der Waals surface area (Å²) in [7, 11) is 1.33. The number of carbonyl (C=O) groups excluding carboxylic acids is 1. The fourth-order valence-electron chi connectivity index (χ4n) is 5.15. The minimum Gasteiger partial charge on any atom is -0.481 e. The minimum absolute atomic E-state index is 0.349. The number of ether oxygens (including phenoxy) is 1. The second kappa shape index (κ2) is 7.54. The molecule has 168 valence electrons. The highest BCUT2D eigenvalue weighted by atomic mass is 16.5. The molecule has 33 heavy (non-hydrogen) atoms. The second-order valence-corrected chi connectivity index (χ2v) is 8.48. The Morgan fingerprint density at radius 2 is 1.67 bits per heavy atom. The standard InChI is InChI=1S/C24H21N3O6/c1-33-23(32)17(11-13-5-3-2-4-6-13)27-12-16(25-26-27)14-7-9-15(10-8-14)24-18(19(24)21(28)29)20(24)22(30)31/h2-10,12,17-20H,11H2,1H3,(H,28,29)(H,30,31)/t17?,18?,19-,20-,24?/m0/s1. The highest BCUT2D eigenvalue weighted by molar-refractivity contribution is 5.93. The summed E-state index contributed by atoms with van der Waals surface area (Å²) in [5.41, 5.74) is 2.12. The molecule has 2 aliphatic rings. The van der Waals surface area contributed by atoms with Crippen LogP contribution < -0.4 is 0 Å². The van der Waals surface area contributed by atoms with Crippen molar-refractivity contribution in [3.05, 3.63) is 71.9 Å². The van der Waals surface area contributed by atoms with Gasteiger partial charge in [0.05, 0.1) is 25.1 Å². The van der Waals surface area contributed by atoms with Crippen LogP contribution in [-0.4, -0.2) is 50.2 Å². The predicted molar refractivity (Wildman–Crippen MR) is 114 cm³/mol. The van der Waals surface area contributed by atoms with Crippen LogP contribution in [-0.2, 0) is 31.0 Å². The van der Waals surface area contributed by atoms with Crippen molar-refractivity contribution in [1.82, 2.24) is 15.0 Å². The summed E-state index contributed by atoms with van der Waals surface area (Å²) >= 11 is 0. The van der Waals surface area contributed by atoms with Gasteiger partial charge >= 0.3 is 17.9 Å². The number of rotatable bonds is 8. The summed E-state index contributed by atoms with van der Waals surface area (Å²) in [5, 5.41) is 27.1. The molecular formula is C24H21N3O6. The number of esters is 1. The third-order valence-corrected chi connectivity index (χ3v) is 6.87. The van der Waals surface area contributed by atoms with Crippen LogP contribution in [0.4, 0.5) is 0 Å². The predicted octanol–water partition coefficient (Wildman–Crippen LogP) is 2.18. The first-order valence-electron chi connectivity index (χ1n) is 10.5. The number of carboxylic acid groups (broad SMARTS) is 2. The lowest BCUT2D eigenvalue weighted by Gasteiger charge is -2.14. The Morgan fingerprint density at radius 3 is 2.24 bits per heavy atom. The van der Waals surface area contributed by atoms with Gasteiger partial charge in [-0.25, -0.2) is 9.48 Å². The molecule has 2 fully saturated rings. The molecule has 9 nitrogen and oxygen atoms in total. The maximum atomic E-state index is 12.4. The molecule has 0 radical (unpaired) electrons. The molecule has 1 heterocycles. The first-order chi connectivity index (χ1) is 15.9. The Morgan fingerprint density at radius 1 is 1.03 bits per heavy atom. The molecule has 0 aliphatic heterocycles. The highest BCUT2D eigenvalue weighted by Crippen LogP contribution is 2.83. The average molecular weight is 447 g/mol. The van der Waals surface area contributed by atoms with E-state index in [-0.39, 0.29) is 5.92 Å². The molecule has 0 amide bonds. The topological polar surface area (TPSA) is 132 Å². The second-order valence-electron chi connectivity index (χ2n) is 8.48. The molecule has 2 aromatic carbocycles. The van der Waals surface area contributed by atoms with Crippen LogP contribution in [0.1, 0.15) is 17.2 Å². The largest absolute Gasteiger partial charge is 0.481 e. The van der Waals surface area contributed by atoms with Gasteiger partial charge in [0, 0.05) is 17.4 Å². The number of hydrogen-bond acceptors (Lipinski definition) is 6. The van der Waals surface area contributed by atoms with Gasteiger partial charge in [-0.3, -0.25) is 9.59 Å². The van der Waals surface area contributed by atoms with E-state index in [4.69, 9.17) is 4.74 Å². The number of aliphatic carboxylic acids is 2. The maximum absolute atomic E-state index is 12.4. The van der Waals surface area contributed by atoms with Crippen LogP contribution in [0.15, 0.2) is 60.8 Å². The van der Waals surface area contributed by atoms with E-state index in [1.807, 2.05) is 30.3 Å². The number of benzene rings is 2. The lowest BCUT2D eigenvalue weighted by atomic mass is 9.89.